The van der Waals surface area contributed by atoms with Crippen molar-refractivity contribution in [3.05, 3.63) is 17.8 Å². The highest BCUT2D eigenvalue weighted by Gasteiger charge is 2.25. The molecule has 1 fully saturated rings. The molecule has 4 heteroatoms. The second-order valence-corrected chi connectivity index (χ2v) is 5.42. The van der Waals surface area contributed by atoms with Crippen molar-refractivity contribution in [1.29, 1.82) is 0 Å². The van der Waals surface area contributed by atoms with Gasteiger partial charge in [-0.1, -0.05) is 13.8 Å². The summed E-state index contributed by atoms with van der Waals surface area (Å²) in [6.45, 7) is 4.57. The molecule has 1 aromatic rings. The van der Waals surface area contributed by atoms with Gasteiger partial charge in [0.2, 0.25) is 5.88 Å². The van der Waals surface area contributed by atoms with Gasteiger partial charge in [-0.2, -0.15) is 5.10 Å². The maximum absolute atomic E-state index is 5.88. The van der Waals surface area contributed by atoms with Crippen LogP contribution in [0.2, 0.25) is 0 Å². The summed E-state index contributed by atoms with van der Waals surface area (Å²) in [7, 11) is 0. The number of hydrogen-bond acceptors (Lipinski definition) is 3. The van der Waals surface area contributed by atoms with Crippen molar-refractivity contribution in [2.24, 2.45) is 11.8 Å². The van der Waals surface area contributed by atoms with E-state index < -0.39 is 0 Å². The van der Waals surface area contributed by atoms with Crippen LogP contribution in [0.5, 0.6) is 5.88 Å². The minimum atomic E-state index is 0.282. The fourth-order valence-corrected chi connectivity index (χ4v) is 2.76. The molecule has 0 saturated heterocycles. The number of hydrogen-bond donors (Lipinski definition) is 0. The molecular formula is C13H19ClN2O. The van der Waals surface area contributed by atoms with E-state index in [0.29, 0.717) is 11.8 Å². The normalized spacial score (nSPS) is 29.0. The Morgan fingerprint density at radius 1 is 1.18 bits per heavy atom. The van der Waals surface area contributed by atoms with E-state index >= 15 is 0 Å². The van der Waals surface area contributed by atoms with Crippen LogP contribution in [-0.2, 0) is 5.88 Å². The minimum Gasteiger partial charge on any atom is -0.473 e. The van der Waals surface area contributed by atoms with Crippen LogP contribution in [0.1, 0.15) is 38.8 Å². The lowest BCUT2D eigenvalue weighted by Gasteiger charge is -2.31. The van der Waals surface area contributed by atoms with Gasteiger partial charge in [0.1, 0.15) is 6.10 Å². The number of halogens is 1. The summed E-state index contributed by atoms with van der Waals surface area (Å²) < 4.78 is 5.88. The molecule has 1 aliphatic carbocycles. The Bertz CT molecular complexity index is 345. The molecule has 0 aromatic carbocycles. The van der Waals surface area contributed by atoms with Gasteiger partial charge in [-0.15, -0.1) is 16.7 Å². The van der Waals surface area contributed by atoms with Crippen molar-refractivity contribution in [2.45, 2.75) is 45.1 Å². The van der Waals surface area contributed by atoms with E-state index in [1.165, 1.54) is 6.42 Å². The average molecular weight is 255 g/mol. The van der Waals surface area contributed by atoms with Gasteiger partial charge < -0.3 is 4.74 Å². The summed E-state index contributed by atoms with van der Waals surface area (Å²) in [5.41, 5.74) is 0.782. The molecule has 1 aliphatic rings. The first-order valence-electron chi connectivity index (χ1n) is 6.22. The van der Waals surface area contributed by atoms with Crippen molar-refractivity contribution < 1.29 is 4.74 Å². The van der Waals surface area contributed by atoms with Crippen LogP contribution in [0.3, 0.4) is 0 Å². The summed E-state index contributed by atoms with van der Waals surface area (Å²) in [6, 6.07) is 3.72. The smallest absolute Gasteiger partial charge is 0.233 e. The van der Waals surface area contributed by atoms with Gasteiger partial charge in [-0.3, -0.25) is 0 Å². The maximum Gasteiger partial charge on any atom is 0.233 e. The van der Waals surface area contributed by atoms with Crippen molar-refractivity contribution in [2.75, 3.05) is 0 Å². The van der Waals surface area contributed by atoms with Gasteiger partial charge in [0, 0.05) is 6.07 Å². The number of nitrogens with zero attached hydrogens (tertiary/aromatic N) is 2. The standard InChI is InChI=1S/C13H19ClN2O/c1-9-5-10(2)7-12(6-9)17-13-4-3-11(8-14)15-16-13/h3-4,9-10,12H,5-8H2,1-2H3. The third-order valence-electron chi connectivity index (χ3n) is 3.25. The quantitative estimate of drug-likeness (QED) is 0.776. The van der Waals surface area contributed by atoms with Crippen LogP contribution in [-0.4, -0.2) is 16.3 Å². The zero-order valence-electron chi connectivity index (χ0n) is 10.4. The molecule has 0 amide bonds. The number of rotatable bonds is 3. The van der Waals surface area contributed by atoms with Crippen LogP contribution in [0.4, 0.5) is 0 Å². The first-order valence-corrected chi connectivity index (χ1v) is 6.76. The molecule has 1 aromatic heterocycles. The van der Waals surface area contributed by atoms with E-state index in [-0.39, 0.29) is 6.10 Å². The largest absolute Gasteiger partial charge is 0.473 e. The van der Waals surface area contributed by atoms with Gasteiger partial charge in [0.15, 0.2) is 0 Å². The Hall–Kier alpha value is -0.830. The topological polar surface area (TPSA) is 35.0 Å². The van der Waals surface area contributed by atoms with Crippen LogP contribution in [0.25, 0.3) is 0 Å². The van der Waals surface area contributed by atoms with E-state index in [9.17, 15) is 0 Å². The second-order valence-electron chi connectivity index (χ2n) is 5.15. The fourth-order valence-electron chi connectivity index (χ4n) is 2.62. The lowest BCUT2D eigenvalue weighted by molar-refractivity contribution is 0.0956. The summed E-state index contributed by atoms with van der Waals surface area (Å²) in [6.07, 6.45) is 3.81. The molecule has 1 saturated carbocycles. The van der Waals surface area contributed by atoms with E-state index in [2.05, 4.69) is 24.0 Å². The SMILES string of the molecule is CC1CC(C)CC(Oc2ccc(CCl)nn2)C1. The van der Waals surface area contributed by atoms with Crippen LogP contribution in [0.15, 0.2) is 12.1 Å². The highest BCUT2D eigenvalue weighted by Crippen LogP contribution is 2.30. The fraction of sp³-hybridized carbons (Fsp3) is 0.692. The zero-order chi connectivity index (χ0) is 12.3. The Morgan fingerprint density at radius 3 is 2.41 bits per heavy atom. The molecule has 0 bridgehead atoms. The Labute approximate surface area is 108 Å². The van der Waals surface area contributed by atoms with Crippen molar-refractivity contribution in [3.63, 3.8) is 0 Å². The van der Waals surface area contributed by atoms with E-state index in [1.807, 2.05) is 12.1 Å². The Morgan fingerprint density at radius 2 is 1.88 bits per heavy atom. The highest BCUT2D eigenvalue weighted by atomic mass is 35.5. The molecular weight excluding hydrogens is 236 g/mol. The van der Waals surface area contributed by atoms with E-state index in [1.54, 1.807) is 0 Å². The van der Waals surface area contributed by atoms with Crippen molar-refractivity contribution in [1.82, 2.24) is 10.2 Å². The molecule has 3 nitrogen and oxygen atoms in total. The molecule has 0 N–H and O–H groups in total. The first kappa shape index (κ1) is 12.6. The lowest BCUT2D eigenvalue weighted by Crippen LogP contribution is -2.28. The Balaban J connectivity index is 1.95. The van der Waals surface area contributed by atoms with Gasteiger partial charge in [-0.25, -0.2) is 0 Å². The molecule has 94 valence electrons. The summed E-state index contributed by atoms with van der Waals surface area (Å²) in [5, 5.41) is 8.03. The van der Waals surface area contributed by atoms with Crippen LogP contribution < -0.4 is 4.74 Å². The molecule has 0 spiro atoms. The van der Waals surface area contributed by atoms with E-state index in [0.717, 1.165) is 30.4 Å². The predicted octanol–water partition coefficient (Wildman–Crippen LogP) is 3.42. The lowest BCUT2D eigenvalue weighted by atomic mass is 9.82. The monoisotopic (exact) mass is 254 g/mol. The number of alkyl halides is 1. The van der Waals surface area contributed by atoms with Gasteiger partial charge >= 0.3 is 0 Å². The number of aromatic nitrogens is 2. The minimum absolute atomic E-state index is 0.282. The summed E-state index contributed by atoms with van der Waals surface area (Å²) in [4.78, 5) is 0. The molecule has 2 unspecified atom stereocenters. The van der Waals surface area contributed by atoms with Crippen molar-refractivity contribution >= 4 is 11.6 Å². The number of ether oxygens (including phenoxy) is 1. The molecule has 17 heavy (non-hydrogen) atoms. The third kappa shape index (κ3) is 3.56. The molecule has 0 aliphatic heterocycles. The zero-order valence-corrected chi connectivity index (χ0v) is 11.2. The van der Waals surface area contributed by atoms with Crippen LogP contribution in [0, 0.1) is 11.8 Å². The van der Waals surface area contributed by atoms with Crippen molar-refractivity contribution in [3.8, 4) is 5.88 Å². The summed E-state index contributed by atoms with van der Waals surface area (Å²) in [5.74, 6) is 2.48. The highest BCUT2D eigenvalue weighted by molar-refractivity contribution is 6.16. The predicted molar refractivity (Wildman–Crippen MR) is 68.2 cm³/mol. The molecule has 1 heterocycles. The van der Waals surface area contributed by atoms with Gasteiger partial charge in [0.25, 0.3) is 0 Å². The first-order chi connectivity index (χ1) is 8.17. The third-order valence-corrected chi connectivity index (χ3v) is 3.53. The summed E-state index contributed by atoms with van der Waals surface area (Å²) >= 11 is 5.67. The molecule has 0 radical (unpaired) electrons. The average Bonchev–Trinajstić information content (AvgIpc) is 2.28. The van der Waals surface area contributed by atoms with Gasteiger partial charge in [-0.05, 0) is 37.2 Å². The van der Waals surface area contributed by atoms with E-state index in [4.69, 9.17) is 16.3 Å². The second kappa shape index (κ2) is 5.67. The maximum atomic E-state index is 5.88. The molecule has 2 atom stereocenters. The molecule has 2 rings (SSSR count). The Kier molecular flexibility index (Phi) is 4.21. The van der Waals surface area contributed by atoms with Crippen LogP contribution >= 0.6 is 11.6 Å². The van der Waals surface area contributed by atoms with Gasteiger partial charge in [0.05, 0.1) is 11.6 Å².